The van der Waals surface area contributed by atoms with Gasteiger partial charge in [0.15, 0.2) is 0 Å². The molecule has 25 heavy (non-hydrogen) atoms. The van der Waals surface area contributed by atoms with E-state index in [1.165, 1.54) is 24.3 Å². The van der Waals surface area contributed by atoms with Crippen LogP contribution in [0.3, 0.4) is 0 Å². The summed E-state index contributed by atoms with van der Waals surface area (Å²) < 4.78 is 0. The van der Waals surface area contributed by atoms with Crippen LogP contribution >= 0.6 is 0 Å². The Balaban J connectivity index is 2.06. The molecule has 0 aromatic heterocycles. The first kappa shape index (κ1) is 17.8. The summed E-state index contributed by atoms with van der Waals surface area (Å²) in [5.74, 6) is -2.21. The van der Waals surface area contributed by atoms with Crippen molar-refractivity contribution < 1.29 is 19.8 Å². The van der Waals surface area contributed by atoms with Crippen molar-refractivity contribution >= 4 is 18.0 Å². The molecule has 126 valence electrons. The number of benzene rings is 2. The predicted molar refractivity (Wildman–Crippen MR) is 91.8 cm³/mol. The fourth-order valence-corrected chi connectivity index (χ4v) is 2.19. The van der Waals surface area contributed by atoms with E-state index >= 15 is 0 Å². The van der Waals surface area contributed by atoms with Crippen molar-refractivity contribution in [2.24, 2.45) is 0 Å². The van der Waals surface area contributed by atoms with E-state index in [1.54, 1.807) is 6.07 Å². The van der Waals surface area contributed by atoms with Crippen molar-refractivity contribution in [1.82, 2.24) is 5.32 Å². The van der Waals surface area contributed by atoms with Crippen LogP contribution in [0.1, 0.15) is 21.5 Å². The third-order valence-corrected chi connectivity index (χ3v) is 3.47. The summed E-state index contributed by atoms with van der Waals surface area (Å²) in [6.07, 6.45) is 1.91. The molecule has 0 unspecified atom stereocenters. The molecular formula is C19H16N2O4. The Bertz CT molecular complexity index is 851. The molecule has 1 amide bonds. The number of nitrogens with one attached hydrogen (secondary N) is 1. The zero-order chi connectivity index (χ0) is 18.2. The first-order valence-corrected chi connectivity index (χ1v) is 7.51. The van der Waals surface area contributed by atoms with Crippen LogP contribution < -0.4 is 5.32 Å². The van der Waals surface area contributed by atoms with Crippen molar-refractivity contribution in [3.05, 3.63) is 70.8 Å². The molecule has 2 aromatic rings. The minimum atomic E-state index is -1.29. The van der Waals surface area contributed by atoms with E-state index in [2.05, 4.69) is 5.32 Å². The Morgan fingerprint density at radius 2 is 1.88 bits per heavy atom. The van der Waals surface area contributed by atoms with E-state index in [9.17, 15) is 14.7 Å². The summed E-state index contributed by atoms with van der Waals surface area (Å²) >= 11 is 0. The maximum absolute atomic E-state index is 12.1. The molecule has 0 saturated heterocycles. The normalized spacial score (nSPS) is 10.8. The molecule has 6 heteroatoms. The number of nitriles is 1. The lowest BCUT2D eigenvalue weighted by atomic mass is 10.1. The molecule has 2 rings (SSSR count). The highest BCUT2D eigenvalue weighted by Gasteiger charge is 2.12. The monoisotopic (exact) mass is 336 g/mol. The first-order chi connectivity index (χ1) is 12.0. The quantitative estimate of drug-likeness (QED) is 0.554. The number of carbonyl (C=O) groups excluding carboxylic acids is 1. The third-order valence-electron chi connectivity index (χ3n) is 3.47. The molecule has 0 aliphatic heterocycles. The van der Waals surface area contributed by atoms with Crippen LogP contribution in [0.4, 0.5) is 0 Å². The second kappa shape index (κ2) is 8.31. The van der Waals surface area contributed by atoms with Gasteiger partial charge in [-0.15, -0.1) is 0 Å². The standard InChI is InChI=1S/C19H16N2O4/c20-12-15(10-14-6-7-17(22)16(11-14)19(24)25)18(23)21-9-8-13-4-2-1-3-5-13/h1-7,10-11,22H,8-9H2,(H,21,23)(H,24,25)/b15-10-. The predicted octanol–water partition coefficient (Wildman–Crippen LogP) is 2.36. The smallest absolute Gasteiger partial charge is 0.339 e. The molecule has 2 aromatic carbocycles. The second-order valence-corrected chi connectivity index (χ2v) is 5.24. The molecule has 0 aliphatic carbocycles. The zero-order valence-corrected chi connectivity index (χ0v) is 13.3. The van der Waals surface area contributed by atoms with Crippen LogP contribution in [-0.2, 0) is 11.2 Å². The van der Waals surface area contributed by atoms with E-state index in [0.29, 0.717) is 18.5 Å². The summed E-state index contributed by atoms with van der Waals surface area (Å²) in [5.41, 5.74) is 0.963. The molecular weight excluding hydrogens is 320 g/mol. The van der Waals surface area contributed by atoms with E-state index in [0.717, 1.165) is 5.56 Å². The Labute approximate surface area is 144 Å². The minimum Gasteiger partial charge on any atom is -0.507 e. The van der Waals surface area contributed by atoms with E-state index in [1.807, 2.05) is 30.3 Å². The fourth-order valence-electron chi connectivity index (χ4n) is 2.19. The minimum absolute atomic E-state index is 0.143. The van der Waals surface area contributed by atoms with Gasteiger partial charge in [0.2, 0.25) is 0 Å². The van der Waals surface area contributed by atoms with Gasteiger partial charge in [0, 0.05) is 6.54 Å². The number of aromatic carboxylic acids is 1. The number of phenols is 1. The average Bonchev–Trinajstić information content (AvgIpc) is 2.61. The maximum atomic E-state index is 12.1. The molecule has 3 N–H and O–H groups in total. The average molecular weight is 336 g/mol. The first-order valence-electron chi connectivity index (χ1n) is 7.51. The van der Waals surface area contributed by atoms with Crippen molar-refractivity contribution in [1.29, 1.82) is 5.26 Å². The number of hydrogen-bond acceptors (Lipinski definition) is 4. The molecule has 0 radical (unpaired) electrons. The molecule has 0 aliphatic rings. The molecule has 0 atom stereocenters. The van der Waals surface area contributed by atoms with Crippen LogP contribution in [-0.4, -0.2) is 28.6 Å². The number of aromatic hydroxyl groups is 1. The number of rotatable bonds is 6. The lowest BCUT2D eigenvalue weighted by molar-refractivity contribution is -0.117. The van der Waals surface area contributed by atoms with Gasteiger partial charge in [0.1, 0.15) is 23.0 Å². The summed E-state index contributed by atoms with van der Waals surface area (Å²) in [4.78, 5) is 23.1. The van der Waals surface area contributed by atoms with Crippen molar-refractivity contribution in [2.75, 3.05) is 6.54 Å². The van der Waals surface area contributed by atoms with Gasteiger partial charge in [0.05, 0.1) is 0 Å². The highest BCUT2D eigenvalue weighted by molar-refractivity contribution is 6.02. The number of hydrogen-bond donors (Lipinski definition) is 3. The lowest BCUT2D eigenvalue weighted by Gasteiger charge is -2.05. The summed E-state index contributed by atoms with van der Waals surface area (Å²) in [6, 6.07) is 15.2. The Morgan fingerprint density at radius 3 is 2.52 bits per heavy atom. The molecule has 0 bridgehead atoms. The van der Waals surface area contributed by atoms with Gasteiger partial charge in [-0.1, -0.05) is 36.4 Å². The number of carboxylic acid groups (broad SMARTS) is 1. The van der Waals surface area contributed by atoms with E-state index < -0.39 is 11.9 Å². The SMILES string of the molecule is N#C/C(=C/c1ccc(O)c(C(=O)O)c1)C(=O)NCCc1ccccc1. The maximum Gasteiger partial charge on any atom is 0.339 e. The van der Waals surface area contributed by atoms with Gasteiger partial charge < -0.3 is 15.5 Å². The second-order valence-electron chi connectivity index (χ2n) is 5.24. The summed E-state index contributed by atoms with van der Waals surface area (Å²) in [7, 11) is 0. The molecule has 0 fully saturated rings. The number of nitrogens with zero attached hydrogens (tertiary/aromatic N) is 1. The van der Waals surface area contributed by atoms with Crippen LogP contribution in [0, 0.1) is 11.3 Å². The van der Waals surface area contributed by atoms with Crippen molar-refractivity contribution in [3.63, 3.8) is 0 Å². The van der Waals surface area contributed by atoms with Crippen LogP contribution in [0.25, 0.3) is 6.08 Å². The topological polar surface area (TPSA) is 110 Å². The van der Waals surface area contributed by atoms with Gasteiger partial charge >= 0.3 is 5.97 Å². The number of carboxylic acids is 1. The Morgan fingerprint density at radius 1 is 1.16 bits per heavy atom. The van der Waals surface area contributed by atoms with Crippen LogP contribution in [0.2, 0.25) is 0 Å². The third kappa shape index (κ3) is 4.94. The largest absolute Gasteiger partial charge is 0.507 e. The van der Waals surface area contributed by atoms with E-state index in [-0.39, 0.29) is 16.9 Å². The number of amides is 1. The van der Waals surface area contributed by atoms with Crippen LogP contribution in [0.15, 0.2) is 54.1 Å². The highest BCUT2D eigenvalue weighted by atomic mass is 16.4. The molecule has 0 spiro atoms. The zero-order valence-electron chi connectivity index (χ0n) is 13.3. The highest BCUT2D eigenvalue weighted by Crippen LogP contribution is 2.20. The lowest BCUT2D eigenvalue weighted by Crippen LogP contribution is -2.26. The Kier molecular flexibility index (Phi) is 5.91. The van der Waals surface area contributed by atoms with E-state index in [4.69, 9.17) is 10.4 Å². The van der Waals surface area contributed by atoms with Gasteiger partial charge in [-0.25, -0.2) is 4.79 Å². The van der Waals surface area contributed by atoms with Gasteiger partial charge in [-0.2, -0.15) is 5.26 Å². The summed E-state index contributed by atoms with van der Waals surface area (Å²) in [6.45, 7) is 0.373. The number of carbonyl (C=O) groups is 2. The van der Waals surface area contributed by atoms with Crippen molar-refractivity contribution in [2.45, 2.75) is 6.42 Å². The fraction of sp³-hybridized carbons (Fsp3) is 0.105. The van der Waals surface area contributed by atoms with Gasteiger partial charge in [-0.05, 0) is 35.8 Å². The van der Waals surface area contributed by atoms with Crippen LogP contribution in [0.5, 0.6) is 5.75 Å². The van der Waals surface area contributed by atoms with Gasteiger partial charge in [-0.3, -0.25) is 4.79 Å². The molecule has 0 saturated carbocycles. The van der Waals surface area contributed by atoms with Crippen molar-refractivity contribution in [3.8, 4) is 11.8 Å². The summed E-state index contributed by atoms with van der Waals surface area (Å²) in [5, 5.41) is 30.3. The Hall–Kier alpha value is -3.59. The molecule has 6 nitrogen and oxygen atoms in total. The van der Waals surface area contributed by atoms with Gasteiger partial charge in [0.25, 0.3) is 5.91 Å². The molecule has 0 heterocycles.